The van der Waals surface area contributed by atoms with Crippen LogP contribution in [-0.2, 0) is 30.7 Å². The topological polar surface area (TPSA) is 63.7 Å². The highest BCUT2D eigenvalue weighted by atomic mass is 16.5. The number of benzene rings is 3. The minimum absolute atomic E-state index is 0.0413. The third kappa shape index (κ3) is 5.00. The van der Waals surface area contributed by atoms with E-state index >= 15 is 0 Å². The van der Waals surface area contributed by atoms with Crippen molar-refractivity contribution in [2.75, 3.05) is 19.0 Å². The van der Waals surface area contributed by atoms with Crippen LogP contribution in [0.1, 0.15) is 45.2 Å². The van der Waals surface area contributed by atoms with E-state index in [0.717, 1.165) is 57.1 Å². The van der Waals surface area contributed by atoms with Crippen molar-refractivity contribution < 1.29 is 14.3 Å². The second-order valence-corrected chi connectivity index (χ2v) is 10.4. The molecule has 2 amide bonds. The molecular formula is C33H33N3O3. The van der Waals surface area contributed by atoms with Crippen LogP contribution in [0.5, 0.6) is 5.75 Å². The molecule has 3 heterocycles. The van der Waals surface area contributed by atoms with Gasteiger partial charge in [0.05, 0.1) is 25.5 Å². The van der Waals surface area contributed by atoms with Crippen LogP contribution in [0, 0.1) is 13.8 Å². The van der Waals surface area contributed by atoms with Crippen molar-refractivity contribution in [1.82, 2.24) is 9.88 Å². The molecule has 0 unspecified atom stereocenters. The van der Waals surface area contributed by atoms with Gasteiger partial charge in [0, 0.05) is 42.9 Å². The molecule has 39 heavy (non-hydrogen) atoms. The summed E-state index contributed by atoms with van der Waals surface area (Å²) in [5.74, 6) is 0.837. The quantitative estimate of drug-likeness (QED) is 0.323. The Morgan fingerprint density at radius 1 is 1.00 bits per heavy atom. The summed E-state index contributed by atoms with van der Waals surface area (Å²) in [6.07, 6.45) is 1.39. The van der Waals surface area contributed by atoms with E-state index in [0.29, 0.717) is 26.1 Å². The molecule has 2 aliphatic rings. The van der Waals surface area contributed by atoms with Crippen LogP contribution in [0.25, 0.3) is 11.3 Å². The average molecular weight is 520 g/mol. The van der Waals surface area contributed by atoms with Gasteiger partial charge >= 0.3 is 6.03 Å². The molecule has 1 aromatic heterocycles. The van der Waals surface area contributed by atoms with Gasteiger partial charge in [-0.3, -0.25) is 4.98 Å². The largest absolute Gasteiger partial charge is 0.497 e. The number of nitrogens with zero attached hydrogens (tertiary/aromatic N) is 2. The predicted octanol–water partition coefficient (Wildman–Crippen LogP) is 6.78. The number of nitrogens with one attached hydrogen (secondary N) is 1. The van der Waals surface area contributed by atoms with E-state index in [1.54, 1.807) is 7.11 Å². The van der Waals surface area contributed by atoms with E-state index < -0.39 is 0 Å². The van der Waals surface area contributed by atoms with Crippen LogP contribution in [0.2, 0.25) is 0 Å². The molecule has 6 nitrogen and oxygen atoms in total. The van der Waals surface area contributed by atoms with Gasteiger partial charge in [0.1, 0.15) is 5.75 Å². The first-order chi connectivity index (χ1) is 19.0. The Labute approximate surface area is 229 Å². The zero-order valence-corrected chi connectivity index (χ0v) is 22.7. The third-order valence-electron chi connectivity index (χ3n) is 7.85. The third-order valence-corrected chi connectivity index (χ3v) is 7.85. The van der Waals surface area contributed by atoms with Crippen LogP contribution >= 0.6 is 0 Å². The monoisotopic (exact) mass is 519 g/mol. The SMILES string of the molecule is COc1ccc(-c2nc3c(c4c2C[C@H](c2ccccc2)OC4)CN(C(=O)Nc2ccc(C)cc2)CC3)c(C)c1. The van der Waals surface area contributed by atoms with Gasteiger partial charge in [-0.1, -0.05) is 48.0 Å². The number of amides is 2. The number of pyridine rings is 1. The second-order valence-electron chi connectivity index (χ2n) is 10.4. The molecule has 2 aliphatic heterocycles. The number of aromatic nitrogens is 1. The summed E-state index contributed by atoms with van der Waals surface area (Å²) in [4.78, 5) is 20.4. The fourth-order valence-electron chi connectivity index (χ4n) is 5.64. The molecule has 0 saturated carbocycles. The molecule has 0 spiro atoms. The number of aryl methyl sites for hydroxylation is 2. The van der Waals surface area contributed by atoms with E-state index in [1.165, 1.54) is 11.1 Å². The van der Waals surface area contributed by atoms with Crippen LogP contribution in [0.4, 0.5) is 10.5 Å². The van der Waals surface area contributed by atoms with Crippen molar-refractivity contribution >= 4 is 11.7 Å². The first-order valence-electron chi connectivity index (χ1n) is 13.5. The number of fused-ring (bicyclic) bond motifs is 3. The molecule has 3 aromatic carbocycles. The van der Waals surface area contributed by atoms with Crippen LogP contribution < -0.4 is 10.1 Å². The van der Waals surface area contributed by atoms with Gasteiger partial charge in [-0.15, -0.1) is 0 Å². The summed E-state index contributed by atoms with van der Waals surface area (Å²) in [6, 6.07) is 24.4. The van der Waals surface area contributed by atoms with Crippen LogP contribution in [0.15, 0.2) is 72.8 Å². The number of anilines is 1. The van der Waals surface area contributed by atoms with Gasteiger partial charge in [0.25, 0.3) is 0 Å². The summed E-state index contributed by atoms with van der Waals surface area (Å²) in [5.41, 5.74) is 10.9. The summed E-state index contributed by atoms with van der Waals surface area (Å²) in [6.45, 7) is 5.77. The Kier molecular flexibility index (Phi) is 6.79. The van der Waals surface area contributed by atoms with Gasteiger partial charge in [0.2, 0.25) is 0 Å². The van der Waals surface area contributed by atoms with Crippen molar-refractivity contribution in [1.29, 1.82) is 0 Å². The molecule has 1 atom stereocenters. The van der Waals surface area contributed by atoms with Gasteiger partial charge in [-0.25, -0.2) is 4.79 Å². The molecule has 0 radical (unpaired) electrons. The van der Waals surface area contributed by atoms with Crippen molar-refractivity contribution in [2.45, 2.75) is 45.9 Å². The maximum atomic E-state index is 13.2. The molecule has 0 fully saturated rings. The summed E-state index contributed by atoms with van der Waals surface area (Å²) < 4.78 is 11.9. The maximum absolute atomic E-state index is 13.2. The number of hydrogen-bond donors (Lipinski definition) is 1. The van der Waals surface area contributed by atoms with E-state index in [-0.39, 0.29) is 12.1 Å². The second kappa shape index (κ2) is 10.5. The van der Waals surface area contributed by atoms with Crippen molar-refractivity contribution in [3.63, 3.8) is 0 Å². The number of methoxy groups -OCH3 is 1. The smallest absolute Gasteiger partial charge is 0.322 e. The van der Waals surface area contributed by atoms with Crippen LogP contribution in [-0.4, -0.2) is 29.6 Å². The van der Waals surface area contributed by atoms with Crippen molar-refractivity contribution in [2.24, 2.45) is 0 Å². The Morgan fingerprint density at radius 3 is 2.54 bits per heavy atom. The van der Waals surface area contributed by atoms with E-state index in [1.807, 2.05) is 48.2 Å². The van der Waals surface area contributed by atoms with E-state index in [9.17, 15) is 4.79 Å². The van der Waals surface area contributed by atoms with E-state index in [2.05, 4.69) is 48.6 Å². The number of carbonyl (C=O) groups is 1. The van der Waals surface area contributed by atoms with Gasteiger partial charge in [-0.05, 0) is 72.0 Å². The number of ether oxygens (including phenoxy) is 2. The Hall–Kier alpha value is -4.16. The number of urea groups is 1. The Bertz CT molecular complexity index is 1520. The molecule has 0 saturated heterocycles. The van der Waals surface area contributed by atoms with Crippen molar-refractivity contribution in [3.8, 4) is 17.0 Å². The molecule has 6 heteroatoms. The summed E-state index contributed by atoms with van der Waals surface area (Å²) >= 11 is 0. The Morgan fingerprint density at radius 2 is 1.79 bits per heavy atom. The summed E-state index contributed by atoms with van der Waals surface area (Å²) in [5, 5.41) is 3.06. The minimum atomic E-state index is -0.0905. The molecule has 6 rings (SSSR count). The highest BCUT2D eigenvalue weighted by Crippen LogP contribution is 2.40. The Balaban J connectivity index is 1.37. The lowest BCUT2D eigenvalue weighted by Crippen LogP contribution is -2.40. The predicted molar refractivity (Wildman–Crippen MR) is 153 cm³/mol. The normalized spacial score (nSPS) is 16.3. The highest BCUT2D eigenvalue weighted by Gasteiger charge is 2.32. The van der Waals surface area contributed by atoms with Crippen molar-refractivity contribution in [3.05, 3.63) is 112 Å². The lowest BCUT2D eigenvalue weighted by Gasteiger charge is -2.35. The molecule has 198 valence electrons. The fraction of sp³-hybridized carbons (Fsp3) is 0.273. The molecule has 0 bridgehead atoms. The molecule has 0 aliphatic carbocycles. The zero-order valence-electron chi connectivity index (χ0n) is 22.7. The molecular weight excluding hydrogens is 486 g/mol. The molecule has 4 aromatic rings. The van der Waals surface area contributed by atoms with Crippen LogP contribution in [0.3, 0.4) is 0 Å². The minimum Gasteiger partial charge on any atom is -0.497 e. The standard InChI is InChI=1S/C33H33N3O3/c1-21-9-11-24(12-10-21)34-33(37)36-16-15-30-28(19-36)29-20-39-31(23-7-5-4-6-8-23)18-27(29)32(35-30)26-14-13-25(38-3)17-22(26)2/h4-14,17,31H,15-16,18-20H2,1-3H3,(H,34,37)/t31-/m1/s1. The first-order valence-corrected chi connectivity index (χ1v) is 13.5. The maximum Gasteiger partial charge on any atom is 0.322 e. The average Bonchev–Trinajstić information content (AvgIpc) is 2.98. The van der Waals surface area contributed by atoms with Gasteiger partial charge < -0.3 is 19.7 Å². The first kappa shape index (κ1) is 25.1. The highest BCUT2D eigenvalue weighted by molar-refractivity contribution is 5.89. The number of carbonyl (C=O) groups excluding carboxylic acids is 1. The zero-order chi connectivity index (χ0) is 26.9. The van der Waals surface area contributed by atoms with E-state index in [4.69, 9.17) is 14.5 Å². The number of hydrogen-bond acceptors (Lipinski definition) is 4. The summed E-state index contributed by atoms with van der Waals surface area (Å²) in [7, 11) is 1.69. The molecule has 1 N–H and O–H groups in total. The van der Waals surface area contributed by atoms with Gasteiger partial charge in [-0.2, -0.15) is 0 Å². The lowest BCUT2D eigenvalue weighted by atomic mass is 9.86. The lowest BCUT2D eigenvalue weighted by molar-refractivity contribution is 0.0264. The number of rotatable bonds is 4. The fourth-order valence-corrected chi connectivity index (χ4v) is 5.64. The van der Waals surface area contributed by atoms with Gasteiger partial charge in [0.15, 0.2) is 0 Å².